The topological polar surface area (TPSA) is 92.2 Å². The lowest BCUT2D eigenvalue weighted by Gasteiger charge is -2.11. The zero-order chi connectivity index (χ0) is 19.0. The van der Waals surface area contributed by atoms with Crippen molar-refractivity contribution in [3.8, 4) is 34.7 Å². The van der Waals surface area contributed by atoms with Crippen LogP contribution in [0.25, 0.3) is 22.8 Å². The number of nitrogens with zero attached hydrogens (tertiary/aromatic N) is 3. The monoisotopic (exact) mass is 361 g/mol. The third-order valence-electron chi connectivity index (χ3n) is 4.62. The zero-order valence-corrected chi connectivity index (χ0v) is 15.1. The predicted molar refractivity (Wildman–Crippen MR) is 98.9 cm³/mol. The Morgan fingerprint density at radius 2 is 2.15 bits per heavy atom. The number of aliphatic hydroxyl groups is 1. The summed E-state index contributed by atoms with van der Waals surface area (Å²) in [6, 6.07) is 13.1. The lowest BCUT2D eigenvalue weighted by Crippen LogP contribution is -2.06. The number of ether oxygens (including phenoxy) is 1. The minimum atomic E-state index is -0.432. The van der Waals surface area contributed by atoms with Gasteiger partial charge in [0.1, 0.15) is 11.8 Å². The number of fused-ring (bicyclic) bond motifs is 1. The first-order valence-corrected chi connectivity index (χ1v) is 8.92. The van der Waals surface area contributed by atoms with Crippen molar-refractivity contribution >= 4 is 0 Å². The van der Waals surface area contributed by atoms with E-state index in [0.29, 0.717) is 35.0 Å². The van der Waals surface area contributed by atoms with E-state index in [1.807, 2.05) is 32.0 Å². The van der Waals surface area contributed by atoms with Crippen molar-refractivity contribution in [3.63, 3.8) is 0 Å². The van der Waals surface area contributed by atoms with Crippen LogP contribution in [0.4, 0.5) is 0 Å². The third-order valence-corrected chi connectivity index (χ3v) is 4.62. The first-order chi connectivity index (χ1) is 13.1. The van der Waals surface area contributed by atoms with Crippen LogP contribution in [-0.2, 0) is 6.42 Å². The molecule has 2 aromatic carbocycles. The Morgan fingerprint density at radius 1 is 1.30 bits per heavy atom. The summed E-state index contributed by atoms with van der Waals surface area (Å²) >= 11 is 0. The molecule has 3 aromatic rings. The molecule has 6 nitrogen and oxygen atoms in total. The second-order valence-electron chi connectivity index (χ2n) is 6.84. The molecule has 136 valence electrons. The van der Waals surface area contributed by atoms with Crippen molar-refractivity contribution in [2.24, 2.45) is 0 Å². The Hall–Kier alpha value is -3.17. The minimum Gasteiger partial charge on any atom is -0.490 e. The van der Waals surface area contributed by atoms with Gasteiger partial charge in [-0.2, -0.15) is 10.2 Å². The van der Waals surface area contributed by atoms with Gasteiger partial charge >= 0.3 is 0 Å². The molecule has 0 bridgehead atoms. The lowest BCUT2D eigenvalue weighted by molar-refractivity contribution is 0.180. The van der Waals surface area contributed by atoms with Gasteiger partial charge in [0, 0.05) is 11.1 Å². The molecule has 0 unspecified atom stereocenters. The molecule has 1 aliphatic carbocycles. The van der Waals surface area contributed by atoms with Crippen LogP contribution in [0.3, 0.4) is 0 Å². The summed E-state index contributed by atoms with van der Waals surface area (Å²) < 4.78 is 11.1. The second kappa shape index (κ2) is 6.86. The largest absolute Gasteiger partial charge is 0.490 e. The molecular formula is C21H19N3O3. The fourth-order valence-corrected chi connectivity index (χ4v) is 3.40. The van der Waals surface area contributed by atoms with Gasteiger partial charge in [0.25, 0.3) is 5.89 Å². The maximum Gasteiger partial charge on any atom is 0.258 e. The van der Waals surface area contributed by atoms with Gasteiger partial charge in [-0.3, -0.25) is 0 Å². The third kappa shape index (κ3) is 3.18. The molecule has 0 aliphatic heterocycles. The molecule has 0 saturated carbocycles. The average molecular weight is 361 g/mol. The van der Waals surface area contributed by atoms with Crippen molar-refractivity contribution in [2.45, 2.75) is 38.9 Å². The summed E-state index contributed by atoms with van der Waals surface area (Å²) in [6.45, 7) is 3.82. The van der Waals surface area contributed by atoms with E-state index in [2.05, 4.69) is 16.2 Å². The van der Waals surface area contributed by atoms with E-state index in [1.54, 1.807) is 18.2 Å². The molecule has 1 heterocycles. The van der Waals surface area contributed by atoms with Crippen molar-refractivity contribution in [2.75, 3.05) is 0 Å². The molecule has 0 fully saturated rings. The maximum absolute atomic E-state index is 10.1. The molecule has 0 saturated heterocycles. The van der Waals surface area contributed by atoms with E-state index in [4.69, 9.17) is 9.26 Å². The van der Waals surface area contributed by atoms with Gasteiger partial charge < -0.3 is 14.4 Å². The van der Waals surface area contributed by atoms with Gasteiger partial charge in [-0.25, -0.2) is 0 Å². The number of aromatic nitrogens is 2. The van der Waals surface area contributed by atoms with Gasteiger partial charge in [-0.05, 0) is 56.0 Å². The number of benzene rings is 2. The highest BCUT2D eigenvalue weighted by atomic mass is 16.5. The number of nitriles is 1. The van der Waals surface area contributed by atoms with Crippen LogP contribution < -0.4 is 4.74 Å². The molecular weight excluding hydrogens is 342 g/mol. The highest BCUT2D eigenvalue weighted by Crippen LogP contribution is 2.37. The molecule has 0 radical (unpaired) electrons. The minimum absolute atomic E-state index is 0.0199. The Morgan fingerprint density at radius 3 is 2.93 bits per heavy atom. The highest BCUT2D eigenvalue weighted by Gasteiger charge is 2.25. The second-order valence-corrected chi connectivity index (χ2v) is 6.84. The van der Waals surface area contributed by atoms with E-state index >= 15 is 0 Å². The normalized spacial score (nSPS) is 15.6. The van der Waals surface area contributed by atoms with E-state index in [9.17, 15) is 10.4 Å². The molecule has 4 rings (SSSR count). The molecule has 0 amide bonds. The molecule has 1 aromatic heterocycles. The first-order valence-electron chi connectivity index (χ1n) is 8.92. The van der Waals surface area contributed by atoms with Crippen LogP contribution in [0.1, 0.15) is 43.1 Å². The van der Waals surface area contributed by atoms with E-state index in [1.165, 1.54) is 0 Å². The van der Waals surface area contributed by atoms with Crippen LogP contribution in [0.15, 0.2) is 40.9 Å². The number of rotatable bonds is 4. The predicted octanol–water partition coefficient (Wildman–Crippen LogP) is 4.04. The summed E-state index contributed by atoms with van der Waals surface area (Å²) in [6.07, 6.45) is 1.04. The van der Waals surface area contributed by atoms with Crippen LogP contribution in [0, 0.1) is 11.3 Å². The quantitative estimate of drug-likeness (QED) is 0.754. The Labute approximate surface area is 157 Å². The van der Waals surface area contributed by atoms with Gasteiger partial charge in [-0.15, -0.1) is 0 Å². The van der Waals surface area contributed by atoms with E-state index in [0.717, 1.165) is 23.1 Å². The summed E-state index contributed by atoms with van der Waals surface area (Å²) in [5.74, 6) is 1.36. The summed E-state index contributed by atoms with van der Waals surface area (Å²) in [4.78, 5) is 4.51. The number of hydrogen-bond acceptors (Lipinski definition) is 6. The van der Waals surface area contributed by atoms with Crippen LogP contribution in [0.2, 0.25) is 0 Å². The molecule has 1 N–H and O–H groups in total. The standard InChI is InChI=1S/C21H19N3O3/c1-12(2)26-19-9-6-13(10-14(19)11-22)21-23-20(24-27-21)17-5-3-4-16-15(17)7-8-18(16)25/h3-6,9-10,12,18,25H,7-8H2,1-2H3/t18-/m1/s1. The summed E-state index contributed by atoms with van der Waals surface area (Å²) in [7, 11) is 0. The first kappa shape index (κ1) is 17.3. The Kier molecular flexibility index (Phi) is 4.38. The van der Waals surface area contributed by atoms with Crippen LogP contribution in [-0.4, -0.2) is 21.4 Å². The SMILES string of the molecule is CC(C)Oc1ccc(-c2nc(-c3cccc4c3CC[C@H]4O)no2)cc1C#N. The van der Waals surface area contributed by atoms with Crippen molar-refractivity contribution in [3.05, 3.63) is 53.1 Å². The van der Waals surface area contributed by atoms with Crippen molar-refractivity contribution in [1.29, 1.82) is 5.26 Å². The van der Waals surface area contributed by atoms with Crippen molar-refractivity contribution < 1.29 is 14.4 Å². The lowest BCUT2D eigenvalue weighted by atomic mass is 10.0. The van der Waals surface area contributed by atoms with Gasteiger partial charge in [0.05, 0.1) is 17.8 Å². The molecule has 27 heavy (non-hydrogen) atoms. The van der Waals surface area contributed by atoms with E-state index < -0.39 is 6.10 Å². The Bertz CT molecular complexity index is 1030. The smallest absolute Gasteiger partial charge is 0.258 e. The van der Waals surface area contributed by atoms with Gasteiger partial charge in [0.15, 0.2) is 0 Å². The number of hydrogen-bond donors (Lipinski definition) is 1. The van der Waals surface area contributed by atoms with Crippen molar-refractivity contribution in [1.82, 2.24) is 10.1 Å². The maximum atomic E-state index is 10.1. The van der Waals surface area contributed by atoms with Crippen LogP contribution >= 0.6 is 0 Å². The summed E-state index contributed by atoms with van der Waals surface area (Å²) in [5.41, 5.74) is 3.95. The van der Waals surface area contributed by atoms with Crippen LogP contribution in [0.5, 0.6) is 5.75 Å². The fraction of sp³-hybridized carbons (Fsp3) is 0.286. The van der Waals surface area contributed by atoms with E-state index in [-0.39, 0.29) is 6.10 Å². The fourth-order valence-electron chi connectivity index (χ4n) is 3.40. The van der Waals surface area contributed by atoms with Gasteiger partial charge in [-0.1, -0.05) is 23.4 Å². The average Bonchev–Trinajstić information content (AvgIpc) is 3.29. The Balaban J connectivity index is 1.69. The molecule has 0 spiro atoms. The molecule has 6 heteroatoms. The molecule has 1 aliphatic rings. The zero-order valence-electron chi connectivity index (χ0n) is 15.1. The number of aliphatic hydroxyl groups excluding tert-OH is 1. The summed E-state index contributed by atoms with van der Waals surface area (Å²) in [5, 5.41) is 23.6. The van der Waals surface area contributed by atoms with Gasteiger partial charge in [0.2, 0.25) is 5.82 Å². The molecule has 1 atom stereocenters. The highest BCUT2D eigenvalue weighted by molar-refractivity contribution is 5.67.